The molecule has 0 aliphatic rings. The van der Waals surface area contributed by atoms with E-state index in [0.717, 1.165) is 16.8 Å². The highest BCUT2D eigenvalue weighted by Gasteiger charge is 2.22. The van der Waals surface area contributed by atoms with Crippen LogP contribution < -0.4 is 0 Å². The molecule has 0 aliphatic heterocycles. The molecule has 0 aliphatic carbocycles. The number of nitrogens with zero attached hydrogens (tertiary/aromatic N) is 4. The van der Waals surface area contributed by atoms with Gasteiger partial charge >= 0.3 is 5.97 Å². The van der Waals surface area contributed by atoms with Crippen LogP contribution in [0.25, 0.3) is 16.9 Å². The molecular weight excluding hydrogens is 404 g/mol. The number of amides is 1. The van der Waals surface area contributed by atoms with Gasteiger partial charge in [0.1, 0.15) is 5.69 Å². The second-order valence-corrected chi connectivity index (χ2v) is 7.26. The van der Waals surface area contributed by atoms with Crippen LogP contribution in [0.15, 0.2) is 85.3 Å². The maximum absolute atomic E-state index is 13.4. The average molecular weight is 426 g/mol. The Kier molecular flexibility index (Phi) is 6.07. The van der Waals surface area contributed by atoms with E-state index in [1.165, 1.54) is 7.11 Å². The zero-order valence-corrected chi connectivity index (χ0v) is 17.8. The molecule has 0 bridgehead atoms. The van der Waals surface area contributed by atoms with Crippen molar-refractivity contribution in [3.05, 3.63) is 102 Å². The molecule has 4 rings (SSSR count). The molecule has 1 amide bonds. The quantitative estimate of drug-likeness (QED) is 0.436. The first-order chi connectivity index (χ1) is 15.6. The van der Waals surface area contributed by atoms with Gasteiger partial charge in [-0.25, -0.2) is 9.48 Å². The maximum atomic E-state index is 13.4. The monoisotopic (exact) mass is 426 g/mol. The Morgan fingerprint density at radius 3 is 2.41 bits per heavy atom. The van der Waals surface area contributed by atoms with Crippen LogP contribution in [-0.4, -0.2) is 45.7 Å². The number of methoxy groups -OCH3 is 1. The zero-order valence-electron chi connectivity index (χ0n) is 17.8. The maximum Gasteiger partial charge on any atom is 0.337 e. The molecule has 4 aromatic rings. The highest BCUT2D eigenvalue weighted by molar-refractivity contribution is 5.99. The summed E-state index contributed by atoms with van der Waals surface area (Å²) in [7, 11) is 3.08. The largest absolute Gasteiger partial charge is 0.465 e. The van der Waals surface area contributed by atoms with Gasteiger partial charge in [0.25, 0.3) is 5.91 Å². The third kappa shape index (κ3) is 4.41. The Morgan fingerprint density at radius 1 is 1.00 bits per heavy atom. The average Bonchev–Trinajstić information content (AvgIpc) is 3.30. The molecule has 32 heavy (non-hydrogen) atoms. The standard InChI is InChI=1S/C25H22N4O3/c1-28(16-18-10-12-19(13-11-18)25(31)32-2)24(30)22-17-29(21-8-4-3-5-9-21)27-23(22)20-7-6-14-26-15-20/h3-15,17H,16H2,1-2H3. The minimum atomic E-state index is -0.393. The van der Waals surface area contributed by atoms with Crippen LogP contribution in [0.3, 0.4) is 0 Å². The number of rotatable bonds is 6. The Labute approximate surface area is 185 Å². The van der Waals surface area contributed by atoms with E-state index in [1.54, 1.807) is 47.4 Å². The van der Waals surface area contributed by atoms with Crippen molar-refractivity contribution >= 4 is 11.9 Å². The van der Waals surface area contributed by atoms with E-state index in [-0.39, 0.29) is 5.91 Å². The van der Waals surface area contributed by atoms with E-state index in [1.807, 2.05) is 54.6 Å². The summed E-state index contributed by atoms with van der Waals surface area (Å²) in [5.74, 6) is -0.557. The Hall–Kier alpha value is -4.26. The molecule has 0 spiro atoms. The summed E-state index contributed by atoms with van der Waals surface area (Å²) < 4.78 is 6.43. The smallest absolute Gasteiger partial charge is 0.337 e. The first-order valence-electron chi connectivity index (χ1n) is 10.0. The molecule has 2 aromatic carbocycles. The predicted molar refractivity (Wildman–Crippen MR) is 120 cm³/mol. The van der Waals surface area contributed by atoms with Crippen LogP contribution in [0.2, 0.25) is 0 Å². The van der Waals surface area contributed by atoms with Crippen molar-refractivity contribution in [2.75, 3.05) is 14.2 Å². The highest BCUT2D eigenvalue weighted by Crippen LogP contribution is 2.24. The third-order valence-electron chi connectivity index (χ3n) is 5.04. The summed E-state index contributed by atoms with van der Waals surface area (Å²) in [5.41, 5.74) is 4.04. The van der Waals surface area contributed by atoms with Crippen LogP contribution in [0.4, 0.5) is 0 Å². The van der Waals surface area contributed by atoms with Crippen LogP contribution in [0, 0.1) is 0 Å². The molecule has 7 nitrogen and oxygen atoms in total. The van der Waals surface area contributed by atoms with Crippen LogP contribution >= 0.6 is 0 Å². The van der Waals surface area contributed by atoms with E-state index in [4.69, 9.17) is 4.74 Å². The number of carbonyl (C=O) groups excluding carboxylic acids is 2. The van der Waals surface area contributed by atoms with Crippen molar-refractivity contribution in [1.82, 2.24) is 19.7 Å². The van der Waals surface area contributed by atoms with Gasteiger partial charge in [-0.2, -0.15) is 5.10 Å². The van der Waals surface area contributed by atoms with Crippen molar-refractivity contribution in [2.45, 2.75) is 6.54 Å². The molecule has 2 aromatic heterocycles. The number of aromatic nitrogens is 3. The normalized spacial score (nSPS) is 10.6. The summed E-state index contributed by atoms with van der Waals surface area (Å²) in [4.78, 5) is 30.8. The second kappa shape index (κ2) is 9.26. The van der Waals surface area contributed by atoms with E-state index < -0.39 is 5.97 Å². The van der Waals surface area contributed by atoms with Crippen LogP contribution in [0.1, 0.15) is 26.3 Å². The molecule has 0 unspecified atom stereocenters. The molecule has 7 heteroatoms. The first-order valence-corrected chi connectivity index (χ1v) is 10.0. The van der Waals surface area contributed by atoms with E-state index in [9.17, 15) is 9.59 Å². The highest BCUT2D eigenvalue weighted by atomic mass is 16.5. The van der Waals surface area contributed by atoms with Crippen molar-refractivity contribution in [3.8, 4) is 16.9 Å². The lowest BCUT2D eigenvalue weighted by molar-refractivity contribution is 0.0600. The fourth-order valence-corrected chi connectivity index (χ4v) is 3.37. The minimum Gasteiger partial charge on any atom is -0.465 e. The number of hydrogen-bond acceptors (Lipinski definition) is 5. The van der Waals surface area contributed by atoms with Gasteiger partial charge in [-0.3, -0.25) is 9.78 Å². The molecule has 0 atom stereocenters. The van der Waals surface area contributed by atoms with E-state index in [0.29, 0.717) is 23.4 Å². The number of carbonyl (C=O) groups is 2. The summed E-state index contributed by atoms with van der Waals surface area (Å²) in [6.07, 6.45) is 5.13. The predicted octanol–water partition coefficient (Wildman–Crippen LogP) is 3.99. The second-order valence-electron chi connectivity index (χ2n) is 7.26. The number of pyridine rings is 1. The Balaban J connectivity index is 1.63. The molecule has 2 heterocycles. The van der Waals surface area contributed by atoms with Gasteiger partial charge in [0.05, 0.1) is 23.9 Å². The van der Waals surface area contributed by atoms with Gasteiger partial charge in [-0.1, -0.05) is 30.3 Å². The molecule has 0 saturated heterocycles. The SMILES string of the molecule is COC(=O)c1ccc(CN(C)C(=O)c2cn(-c3ccccc3)nc2-c2cccnc2)cc1. The lowest BCUT2D eigenvalue weighted by atomic mass is 10.1. The van der Waals surface area contributed by atoms with E-state index in [2.05, 4.69) is 10.1 Å². The zero-order chi connectivity index (χ0) is 22.5. The molecule has 0 fully saturated rings. The first kappa shape index (κ1) is 21.0. The van der Waals surface area contributed by atoms with Crippen LogP contribution in [-0.2, 0) is 11.3 Å². The summed E-state index contributed by atoms with van der Waals surface area (Å²) in [6, 6.07) is 20.3. The number of esters is 1. The van der Waals surface area contributed by atoms with Gasteiger partial charge in [-0.05, 0) is 42.0 Å². The molecule has 160 valence electrons. The van der Waals surface area contributed by atoms with Gasteiger partial charge < -0.3 is 9.64 Å². The van der Waals surface area contributed by atoms with Crippen molar-refractivity contribution in [3.63, 3.8) is 0 Å². The number of hydrogen-bond donors (Lipinski definition) is 0. The number of para-hydroxylation sites is 1. The van der Waals surface area contributed by atoms with Gasteiger partial charge in [0, 0.05) is 37.7 Å². The molecule has 0 N–H and O–H groups in total. The fraction of sp³-hybridized carbons (Fsp3) is 0.120. The summed E-state index contributed by atoms with van der Waals surface area (Å²) >= 11 is 0. The Morgan fingerprint density at radius 2 is 1.75 bits per heavy atom. The van der Waals surface area contributed by atoms with Gasteiger partial charge in [-0.15, -0.1) is 0 Å². The van der Waals surface area contributed by atoms with Crippen molar-refractivity contribution in [1.29, 1.82) is 0 Å². The lowest BCUT2D eigenvalue weighted by Gasteiger charge is -2.17. The molecule has 0 saturated carbocycles. The van der Waals surface area contributed by atoms with E-state index >= 15 is 0 Å². The molecular formula is C25H22N4O3. The van der Waals surface area contributed by atoms with Crippen molar-refractivity contribution in [2.24, 2.45) is 0 Å². The lowest BCUT2D eigenvalue weighted by Crippen LogP contribution is -2.26. The third-order valence-corrected chi connectivity index (χ3v) is 5.04. The number of ether oxygens (including phenoxy) is 1. The van der Waals surface area contributed by atoms with Gasteiger partial charge in [0.2, 0.25) is 0 Å². The van der Waals surface area contributed by atoms with Crippen molar-refractivity contribution < 1.29 is 14.3 Å². The number of benzene rings is 2. The Bertz CT molecular complexity index is 1220. The minimum absolute atomic E-state index is 0.164. The molecule has 0 radical (unpaired) electrons. The topological polar surface area (TPSA) is 77.3 Å². The fourth-order valence-electron chi connectivity index (χ4n) is 3.37. The summed E-state index contributed by atoms with van der Waals surface area (Å²) in [5, 5.41) is 4.68. The summed E-state index contributed by atoms with van der Waals surface area (Å²) in [6.45, 7) is 0.378. The van der Waals surface area contributed by atoms with Crippen LogP contribution in [0.5, 0.6) is 0 Å². The van der Waals surface area contributed by atoms with Gasteiger partial charge in [0.15, 0.2) is 0 Å².